The third kappa shape index (κ3) is 5.68. The summed E-state index contributed by atoms with van der Waals surface area (Å²) in [5.41, 5.74) is 1.26. The number of benzene rings is 2. The smallest absolute Gasteiger partial charge is 0.276 e. The number of hydrogen-bond donors (Lipinski definition) is 2. The first-order chi connectivity index (χ1) is 15.6. The van der Waals surface area contributed by atoms with Crippen LogP contribution < -0.4 is 15.2 Å². The van der Waals surface area contributed by atoms with Crippen molar-refractivity contribution >= 4 is 30.8 Å². The number of methoxy groups -OCH3 is 1. The lowest BCUT2D eigenvalue weighted by atomic mass is 10.0. The van der Waals surface area contributed by atoms with Gasteiger partial charge in [-0.3, -0.25) is 9.59 Å². The molecule has 0 saturated heterocycles. The van der Waals surface area contributed by atoms with E-state index in [1.165, 1.54) is 23.2 Å². The number of hydrogen-bond acceptors (Lipinski definition) is 6. The molecule has 0 bridgehead atoms. The number of aliphatic hydroxyl groups excluding tert-OH is 1. The quantitative estimate of drug-likeness (QED) is 0.493. The summed E-state index contributed by atoms with van der Waals surface area (Å²) in [6.07, 6.45) is 0. The van der Waals surface area contributed by atoms with Crippen molar-refractivity contribution in [3.05, 3.63) is 71.6 Å². The second-order valence-electron chi connectivity index (χ2n) is 8.74. The number of anilines is 1. The van der Waals surface area contributed by atoms with E-state index in [0.717, 1.165) is 0 Å². The molecule has 2 aromatic carbocycles. The van der Waals surface area contributed by atoms with Crippen molar-refractivity contribution < 1.29 is 24.0 Å². The lowest BCUT2D eigenvalue weighted by Gasteiger charge is -2.27. The molecule has 33 heavy (non-hydrogen) atoms. The van der Waals surface area contributed by atoms with Gasteiger partial charge in [0.25, 0.3) is 11.8 Å². The number of ether oxygens (including phenoxy) is 1. The lowest BCUT2D eigenvalue weighted by molar-refractivity contribution is -0.120. The molecule has 0 fully saturated rings. The van der Waals surface area contributed by atoms with Crippen LogP contribution in [0.1, 0.15) is 27.9 Å². The van der Waals surface area contributed by atoms with E-state index in [2.05, 4.69) is 30.1 Å². The minimum absolute atomic E-state index is 0.00681. The fraction of sp³-hybridized carbons (Fsp3) is 0.292. The van der Waals surface area contributed by atoms with Crippen molar-refractivity contribution in [2.45, 2.75) is 32.3 Å². The molecular formula is C24H29N3O5Si. The third-order valence-electron chi connectivity index (χ3n) is 5.34. The van der Waals surface area contributed by atoms with Crippen molar-refractivity contribution in [1.29, 1.82) is 0 Å². The average Bonchev–Trinajstić information content (AvgIpc) is 3.28. The van der Waals surface area contributed by atoms with Crippen LogP contribution in [-0.2, 0) is 11.4 Å². The summed E-state index contributed by atoms with van der Waals surface area (Å²) < 4.78 is 10.1. The van der Waals surface area contributed by atoms with Gasteiger partial charge in [0.15, 0.2) is 11.5 Å². The predicted octanol–water partition coefficient (Wildman–Crippen LogP) is 3.17. The Morgan fingerprint density at radius 2 is 1.76 bits per heavy atom. The van der Waals surface area contributed by atoms with Crippen molar-refractivity contribution in [3.63, 3.8) is 0 Å². The molecule has 8 nitrogen and oxygen atoms in total. The van der Waals surface area contributed by atoms with Crippen LogP contribution in [0.2, 0.25) is 19.6 Å². The molecular weight excluding hydrogens is 438 g/mol. The average molecular weight is 468 g/mol. The van der Waals surface area contributed by atoms with Crippen LogP contribution in [0.4, 0.5) is 5.69 Å². The second kappa shape index (κ2) is 10.0. The first-order valence-electron chi connectivity index (χ1n) is 10.5. The molecule has 1 unspecified atom stereocenters. The highest BCUT2D eigenvalue weighted by molar-refractivity contribution is 6.88. The zero-order chi connectivity index (χ0) is 24.2. The largest absolute Gasteiger partial charge is 0.497 e. The Labute approximate surface area is 194 Å². The maximum absolute atomic E-state index is 13.4. The number of nitrogens with zero attached hydrogens (tertiary/aromatic N) is 2. The van der Waals surface area contributed by atoms with Gasteiger partial charge in [-0.25, -0.2) is 0 Å². The highest BCUT2D eigenvalue weighted by Crippen LogP contribution is 2.26. The Hall–Kier alpha value is -3.43. The topological polar surface area (TPSA) is 105 Å². The molecule has 3 rings (SSSR count). The Morgan fingerprint density at radius 3 is 2.27 bits per heavy atom. The molecule has 0 saturated carbocycles. The number of aromatic nitrogens is 1. The molecule has 1 aromatic heterocycles. The van der Waals surface area contributed by atoms with Crippen LogP contribution in [0.5, 0.6) is 5.75 Å². The summed E-state index contributed by atoms with van der Waals surface area (Å²) in [5, 5.41) is 17.1. The summed E-state index contributed by atoms with van der Waals surface area (Å²) in [5.74, 6) is -0.0799. The summed E-state index contributed by atoms with van der Waals surface area (Å²) in [7, 11) is 1.62. The minimum atomic E-state index is -1.46. The van der Waals surface area contributed by atoms with E-state index in [4.69, 9.17) is 9.26 Å². The summed E-state index contributed by atoms with van der Waals surface area (Å²) in [6, 6.07) is 15.2. The van der Waals surface area contributed by atoms with Gasteiger partial charge in [-0.2, -0.15) is 0 Å². The molecule has 0 aliphatic rings. The van der Waals surface area contributed by atoms with Crippen molar-refractivity contribution in [2.75, 3.05) is 19.5 Å². The monoisotopic (exact) mass is 467 g/mol. The van der Waals surface area contributed by atoms with Crippen LogP contribution in [0.25, 0.3) is 0 Å². The first-order valence-corrected chi connectivity index (χ1v) is 14.0. The highest BCUT2D eigenvalue weighted by Gasteiger charge is 2.31. The Kier molecular flexibility index (Phi) is 7.35. The fourth-order valence-corrected chi connectivity index (χ4v) is 4.55. The number of amides is 2. The number of nitrogens with one attached hydrogen (secondary N) is 1. The first kappa shape index (κ1) is 24.2. The minimum Gasteiger partial charge on any atom is -0.497 e. The van der Waals surface area contributed by atoms with E-state index >= 15 is 0 Å². The molecule has 9 heteroatoms. The molecule has 0 radical (unpaired) electrons. The van der Waals surface area contributed by atoms with Crippen LogP contribution in [0.3, 0.4) is 0 Å². The summed E-state index contributed by atoms with van der Waals surface area (Å²) in [6.45, 7) is 6.40. The molecule has 2 N–H and O–H groups in total. The maximum atomic E-state index is 13.4. The molecule has 0 spiro atoms. The van der Waals surface area contributed by atoms with Crippen LogP contribution in [0.15, 0.2) is 59.1 Å². The van der Waals surface area contributed by atoms with Gasteiger partial charge in [-0.15, -0.1) is 0 Å². The van der Waals surface area contributed by atoms with E-state index in [1.807, 2.05) is 24.3 Å². The summed E-state index contributed by atoms with van der Waals surface area (Å²) in [4.78, 5) is 27.7. The standard InChI is InChI=1S/C24H29N3O5Si/c1-27(24(30)21-14-19(15-28)32-26-21)22(16-6-10-18(31-2)11-7-16)23(29)25-17-8-12-20(13-9-17)33(3,4)5/h6-14,22,28H,15H2,1-5H3,(H,25,29). The number of likely N-dealkylation sites (N-methyl/N-ethyl adjacent to an activating group) is 1. The van der Waals surface area contributed by atoms with Crippen molar-refractivity contribution in [1.82, 2.24) is 10.1 Å². The van der Waals surface area contributed by atoms with Crippen LogP contribution in [0, 0.1) is 0 Å². The van der Waals surface area contributed by atoms with E-state index < -0.39 is 20.0 Å². The van der Waals surface area contributed by atoms with Gasteiger partial charge in [0, 0.05) is 18.8 Å². The van der Waals surface area contributed by atoms with Gasteiger partial charge in [0.2, 0.25) is 0 Å². The number of rotatable bonds is 8. The zero-order valence-electron chi connectivity index (χ0n) is 19.5. The second-order valence-corrected chi connectivity index (χ2v) is 13.8. The lowest BCUT2D eigenvalue weighted by Crippen LogP contribution is -2.39. The van der Waals surface area contributed by atoms with Gasteiger partial charge in [-0.05, 0) is 29.8 Å². The maximum Gasteiger partial charge on any atom is 0.276 e. The van der Waals surface area contributed by atoms with Crippen LogP contribution >= 0.6 is 0 Å². The molecule has 1 atom stereocenters. The van der Waals surface area contributed by atoms with Gasteiger partial charge in [0.1, 0.15) is 18.4 Å². The third-order valence-corrected chi connectivity index (χ3v) is 7.41. The van der Waals surface area contributed by atoms with Crippen molar-refractivity contribution in [2.24, 2.45) is 0 Å². The fourth-order valence-electron chi connectivity index (χ4n) is 3.39. The van der Waals surface area contributed by atoms with E-state index in [9.17, 15) is 14.7 Å². The number of carbonyl (C=O) groups excluding carboxylic acids is 2. The van der Waals surface area contributed by atoms with E-state index in [1.54, 1.807) is 31.4 Å². The SMILES string of the molecule is COc1ccc(C(C(=O)Nc2ccc([Si](C)(C)C)cc2)N(C)C(=O)c2cc(CO)on2)cc1. The normalized spacial score (nSPS) is 12.2. The number of carbonyl (C=O) groups is 2. The Bertz CT molecular complexity index is 1100. The Balaban J connectivity index is 1.90. The van der Waals surface area contributed by atoms with E-state index in [0.29, 0.717) is 17.0 Å². The van der Waals surface area contributed by atoms with Gasteiger partial charge >= 0.3 is 0 Å². The van der Waals surface area contributed by atoms with Crippen LogP contribution in [-0.4, -0.2) is 49.2 Å². The number of aliphatic hydroxyl groups is 1. The molecule has 0 aliphatic heterocycles. The zero-order valence-corrected chi connectivity index (χ0v) is 20.5. The van der Waals surface area contributed by atoms with Crippen molar-refractivity contribution in [3.8, 4) is 5.75 Å². The summed E-state index contributed by atoms with van der Waals surface area (Å²) >= 11 is 0. The predicted molar refractivity (Wildman–Crippen MR) is 128 cm³/mol. The van der Waals surface area contributed by atoms with Gasteiger partial charge in [-0.1, -0.05) is 54.2 Å². The molecule has 2 amide bonds. The molecule has 0 aliphatic carbocycles. The Morgan fingerprint density at radius 1 is 1.12 bits per heavy atom. The van der Waals surface area contributed by atoms with Gasteiger partial charge < -0.3 is 24.6 Å². The molecule has 1 heterocycles. The van der Waals surface area contributed by atoms with Gasteiger partial charge in [0.05, 0.1) is 15.2 Å². The molecule has 3 aromatic rings. The van der Waals surface area contributed by atoms with E-state index in [-0.39, 0.29) is 24.0 Å². The molecule has 174 valence electrons. The highest BCUT2D eigenvalue weighted by atomic mass is 28.3.